The molecule has 0 saturated carbocycles. The van der Waals surface area contributed by atoms with Crippen molar-refractivity contribution in [3.63, 3.8) is 0 Å². The predicted octanol–water partition coefficient (Wildman–Crippen LogP) is 1.72. The standard InChI is InChI=1S/C14H12N4O2/c15-6-10-5-9-3-1-2-4-12(9)17-13(10)18-8-11(7-16-18)14(19)20/h5,7-8H,1-4H2,(H,19,20). The van der Waals surface area contributed by atoms with Crippen molar-refractivity contribution in [2.24, 2.45) is 0 Å². The van der Waals surface area contributed by atoms with Crippen molar-refractivity contribution < 1.29 is 9.90 Å². The summed E-state index contributed by atoms with van der Waals surface area (Å²) in [6, 6.07) is 3.96. The van der Waals surface area contributed by atoms with Gasteiger partial charge in [-0.15, -0.1) is 0 Å². The Labute approximate surface area is 115 Å². The predicted molar refractivity (Wildman–Crippen MR) is 69.7 cm³/mol. The van der Waals surface area contributed by atoms with Crippen molar-refractivity contribution in [3.05, 3.63) is 40.8 Å². The first kappa shape index (κ1) is 12.4. The summed E-state index contributed by atoms with van der Waals surface area (Å²) in [6.07, 6.45) is 6.66. The Morgan fingerprint density at radius 1 is 1.40 bits per heavy atom. The van der Waals surface area contributed by atoms with Gasteiger partial charge in [0.05, 0.1) is 17.3 Å². The smallest absolute Gasteiger partial charge is 0.338 e. The molecule has 0 fully saturated rings. The van der Waals surface area contributed by atoms with Gasteiger partial charge in [-0.3, -0.25) is 0 Å². The number of carbonyl (C=O) groups is 1. The highest BCUT2D eigenvalue weighted by Crippen LogP contribution is 2.23. The molecule has 1 N–H and O–H groups in total. The van der Waals surface area contributed by atoms with E-state index in [9.17, 15) is 10.1 Å². The molecule has 2 aromatic rings. The third kappa shape index (κ3) is 2.03. The van der Waals surface area contributed by atoms with E-state index in [4.69, 9.17) is 5.11 Å². The number of fused-ring (bicyclic) bond motifs is 1. The summed E-state index contributed by atoms with van der Waals surface area (Å²) in [5, 5.41) is 22.2. The highest BCUT2D eigenvalue weighted by molar-refractivity contribution is 5.87. The van der Waals surface area contributed by atoms with Gasteiger partial charge in [0.1, 0.15) is 6.07 Å². The summed E-state index contributed by atoms with van der Waals surface area (Å²) in [5.74, 6) is -0.645. The number of aromatic nitrogens is 3. The minimum atomic E-state index is -1.05. The fourth-order valence-corrected chi connectivity index (χ4v) is 2.43. The second-order valence-electron chi connectivity index (χ2n) is 4.76. The third-order valence-corrected chi connectivity index (χ3v) is 3.45. The molecule has 0 atom stereocenters. The molecule has 0 unspecified atom stereocenters. The highest BCUT2D eigenvalue weighted by Gasteiger charge is 2.17. The van der Waals surface area contributed by atoms with E-state index in [0.717, 1.165) is 36.9 Å². The monoisotopic (exact) mass is 268 g/mol. The van der Waals surface area contributed by atoms with Crippen LogP contribution >= 0.6 is 0 Å². The Balaban J connectivity index is 2.12. The van der Waals surface area contributed by atoms with E-state index < -0.39 is 5.97 Å². The first-order valence-electron chi connectivity index (χ1n) is 6.40. The van der Waals surface area contributed by atoms with Gasteiger partial charge in [0.2, 0.25) is 0 Å². The van der Waals surface area contributed by atoms with E-state index >= 15 is 0 Å². The number of nitriles is 1. The topological polar surface area (TPSA) is 91.8 Å². The molecular formula is C14H12N4O2. The fraction of sp³-hybridized carbons (Fsp3) is 0.286. The second kappa shape index (κ2) is 4.78. The maximum Gasteiger partial charge on any atom is 0.338 e. The third-order valence-electron chi connectivity index (χ3n) is 3.45. The number of pyridine rings is 1. The maximum atomic E-state index is 10.9. The van der Waals surface area contributed by atoms with E-state index in [-0.39, 0.29) is 5.56 Å². The molecule has 0 spiro atoms. The fourth-order valence-electron chi connectivity index (χ4n) is 2.43. The van der Waals surface area contributed by atoms with E-state index in [1.807, 2.05) is 6.07 Å². The zero-order valence-corrected chi connectivity index (χ0v) is 10.7. The second-order valence-corrected chi connectivity index (χ2v) is 4.76. The van der Waals surface area contributed by atoms with Crippen LogP contribution in [0.4, 0.5) is 0 Å². The van der Waals surface area contributed by atoms with Gasteiger partial charge < -0.3 is 5.11 Å². The van der Waals surface area contributed by atoms with Crippen molar-refractivity contribution in [3.8, 4) is 11.9 Å². The number of carboxylic acid groups (broad SMARTS) is 1. The number of aromatic carboxylic acids is 1. The van der Waals surface area contributed by atoms with E-state index in [1.54, 1.807) is 0 Å². The molecule has 0 bridgehead atoms. The van der Waals surface area contributed by atoms with Crippen molar-refractivity contribution in [1.29, 1.82) is 5.26 Å². The minimum Gasteiger partial charge on any atom is -0.478 e. The zero-order chi connectivity index (χ0) is 14.1. The number of hydrogen-bond donors (Lipinski definition) is 1. The number of rotatable bonds is 2. The lowest BCUT2D eigenvalue weighted by atomic mass is 9.95. The largest absolute Gasteiger partial charge is 0.478 e. The van der Waals surface area contributed by atoms with Crippen molar-refractivity contribution in [2.75, 3.05) is 0 Å². The molecule has 0 aromatic carbocycles. The maximum absolute atomic E-state index is 10.9. The molecular weight excluding hydrogens is 256 g/mol. The summed E-state index contributed by atoms with van der Waals surface area (Å²) in [6.45, 7) is 0. The quantitative estimate of drug-likeness (QED) is 0.895. The molecule has 6 nitrogen and oxygen atoms in total. The minimum absolute atomic E-state index is 0.0772. The van der Waals surface area contributed by atoms with Crippen LogP contribution in [0.5, 0.6) is 0 Å². The Kier molecular flexibility index (Phi) is 2.95. The Morgan fingerprint density at radius 2 is 2.20 bits per heavy atom. The van der Waals surface area contributed by atoms with Gasteiger partial charge in [-0.2, -0.15) is 10.4 Å². The Hall–Kier alpha value is -2.68. The van der Waals surface area contributed by atoms with Gasteiger partial charge in [-0.25, -0.2) is 14.5 Å². The normalized spacial score (nSPS) is 13.6. The highest BCUT2D eigenvalue weighted by atomic mass is 16.4. The van der Waals surface area contributed by atoms with Crippen LogP contribution in [0.3, 0.4) is 0 Å². The zero-order valence-electron chi connectivity index (χ0n) is 10.7. The van der Waals surface area contributed by atoms with Crippen LogP contribution in [-0.4, -0.2) is 25.8 Å². The lowest BCUT2D eigenvalue weighted by molar-refractivity contribution is 0.0697. The number of hydrogen-bond acceptors (Lipinski definition) is 4. The molecule has 20 heavy (non-hydrogen) atoms. The van der Waals surface area contributed by atoms with Crippen LogP contribution in [0.1, 0.15) is 40.0 Å². The molecule has 3 rings (SSSR count). The average Bonchev–Trinajstić information content (AvgIpc) is 2.95. The van der Waals surface area contributed by atoms with Crippen LogP contribution in [0.25, 0.3) is 5.82 Å². The number of aryl methyl sites for hydroxylation is 2. The van der Waals surface area contributed by atoms with Gasteiger partial charge >= 0.3 is 5.97 Å². The molecule has 0 radical (unpaired) electrons. The Morgan fingerprint density at radius 3 is 2.90 bits per heavy atom. The van der Waals surface area contributed by atoms with E-state index in [0.29, 0.717) is 11.4 Å². The van der Waals surface area contributed by atoms with Crippen molar-refractivity contribution in [1.82, 2.24) is 14.8 Å². The number of carboxylic acids is 1. The summed E-state index contributed by atoms with van der Waals surface area (Å²) in [7, 11) is 0. The van der Waals surface area contributed by atoms with Gasteiger partial charge in [0.25, 0.3) is 0 Å². The first-order valence-corrected chi connectivity index (χ1v) is 6.40. The van der Waals surface area contributed by atoms with Crippen LogP contribution in [-0.2, 0) is 12.8 Å². The number of nitrogens with zero attached hydrogens (tertiary/aromatic N) is 4. The molecule has 2 aromatic heterocycles. The van der Waals surface area contributed by atoms with Gasteiger partial charge in [0, 0.05) is 11.9 Å². The van der Waals surface area contributed by atoms with Gasteiger partial charge in [-0.1, -0.05) is 0 Å². The molecule has 100 valence electrons. The summed E-state index contributed by atoms with van der Waals surface area (Å²) < 4.78 is 1.36. The molecule has 1 aliphatic rings. The summed E-state index contributed by atoms with van der Waals surface area (Å²) >= 11 is 0. The SMILES string of the molecule is N#Cc1cc2c(nc1-n1cc(C(=O)O)cn1)CCCC2. The lowest BCUT2D eigenvalue weighted by Crippen LogP contribution is -2.11. The van der Waals surface area contributed by atoms with Crippen LogP contribution in [0.2, 0.25) is 0 Å². The molecule has 6 heteroatoms. The molecule has 2 heterocycles. The van der Waals surface area contributed by atoms with E-state index in [1.165, 1.54) is 17.1 Å². The van der Waals surface area contributed by atoms with E-state index in [2.05, 4.69) is 16.2 Å². The molecule has 0 saturated heterocycles. The first-order chi connectivity index (χ1) is 9.69. The summed E-state index contributed by atoms with van der Waals surface area (Å²) in [5.41, 5.74) is 2.60. The lowest BCUT2D eigenvalue weighted by Gasteiger charge is -2.16. The van der Waals surface area contributed by atoms with Crippen molar-refractivity contribution >= 4 is 5.97 Å². The van der Waals surface area contributed by atoms with Crippen LogP contribution in [0.15, 0.2) is 18.5 Å². The van der Waals surface area contributed by atoms with Gasteiger partial charge in [0.15, 0.2) is 5.82 Å². The van der Waals surface area contributed by atoms with Crippen LogP contribution < -0.4 is 0 Å². The van der Waals surface area contributed by atoms with Crippen molar-refractivity contribution in [2.45, 2.75) is 25.7 Å². The molecule has 0 amide bonds. The average molecular weight is 268 g/mol. The Bertz CT molecular complexity index is 727. The van der Waals surface area contributed by atoms with Crippen LogP contribution in [0, 0.1) is 11.3 Å². The summed E-state index contributed by atoms with van der Waals surface area (Å²) in [4.78, 5) is 15.4. The van der Waals surface area contributed by atoms with Gasteiger partial charge in [-0.05, 0) is 37.3 Å². The molecule has 1 aliphatic carbocycles. The molecule has 0 aliphatic heterocycles.